The molecule has 1 aliphatic rings. The van der Waals surface area contributed by atoms with Crippen LogP contribution in [-0.4, -0.2) is 13.2 Å². The van der Waals surface area contributed by atoms with Crippen LogP contribution in [0.25, 0.3) is 0 Å². The van der Waals surface area contributed by atoms with Crippen LogP contribution in [0.4, 0.5) is 0 Å². The Morgan fingerprint density at radius 2 is 1.60 bits per heavy atom. The first-order valence-electron chi connectivity index (χ1n) is 2.78. The van der Waals surface area contributed by atoms with Crippen molar-refractivity contribution < 1.29 is 9.47 Å². The van der Waals surface area contributed by atoms with E-state index in [9.17, 15) is 0 Å². The number of thiophene rings is 1. The number of hydrogen-bond donors (Lipinski definition) is 0. The van der Waals surface area contributed by atoms with Gasteiger partial charge in [-0.3, -0.25) is 0 Å². The summed E-state index contributed by atoms with van der Waals surface area (Å²) in [5, 5.41) is 3.91. The zero-order chi connectivity index (χ0) is 6.10. The topological polar surface area (TPSA) is 18.5 Å². The van der Waals surface area contributed by atoms with Crippen LogP contribution in [0.5, 0.6) is 11.5 Å². The van der Waals surface area contributed by atoms with Crippen LogP contribution in [0, 0.1) is 0 Å². The van der Waals surface area contributed by atoms with Crippen LogP contribution >= 0.6 is 24.8 Å². The van der Waals surface area contributed by atoms with Gasteiger partial charge in [0.1, 0.15) is 13.2 Å². The molecule has 56 valence electrons. The monoisotopic (exact) mass is 176 g/mol. The Hall–Kier alpha value is -0.350. The molecule has 0 saturated heterocycles. The third kappa shape index (κ3) is 1.22. The van der Waals surface area contributed by atoms with E-state index in [4.69, 9.17) is 9.47 Å². The van der Waals surface area contributed by atoms with Crippen molar-refractivity contribution in [3.63, 3.8) is 0 Å². The molecule has 0 saturated carbocycles. The lowest BCUT2D eigenvalue weighted by Gasteiger charge is -2.13. The van der Waals surface area contributed by atoms with Gasteiger partial charge in [-0.15, -0.1) is 11.3 Å². The lowest BCUT2D eigenvalue weighted by atomic mass is 10.5. The second-order valence-electron chi connectivity index (χ2n) is 1.80. The van der Waals surface area contributed by atoms with Crippen LogP contribution in [0.2, 0.25) is 0 Å². The molecule has 0 fully saturated rings. The summed E-state index contributed by atoms with van der Waals surface area (Å²) >= 11 is 1.61. The maximum absolute atomic E-state index is 5.25. The quantitative estimate of drug-likeness (QED) is 0.598. The van der Waals surface area contributed by atoms with Gasteiger partial charge in [0.05, 0.1) is 0 Å². The van der Waals surface area contributed by atoms with Gasteiger partial charge in [0.15, 0.2) is 11.5 Å². The van der Waals surface area contributed by atoms with Crippen molar-refractivity contribution in [3.05, 3.63) is 10.8 Å². The van der Waals surface area contributed by atoms with Crippen molar-refractivity contribution in [2.24, 2.45) is 0 Å². The standard InChI is InChI=1S/C6H6O2S.H2S/c1-2-8-6-4-9-3-5(6)7-1;/h3-4H,1-2H2;1H2. The van der Waals surface area contributed by atoms with Crippen LogP contribution in [0.3, 0.4) is 0 Å². The summed E-state index contributed by atoms with van der Waals surface area (Å²) in [5.74, 6) is 1.79. The largest absolute Gasteiger partial charge is 0.485 e. The minimum absolute atomic E-state index is 0. The molecule has 0 N–H and O–H groups in total. The number of rotatable bonds is 0. The number of ether oxygens (including phenoxy) is 2. The van der Waals surface area contributed by atoms with Gasteiger partial charge in [0.2, 0.25) is 0 Å². The molecule has 0 aromatic carbocycles. The Kier molecular flexibility index (Phi) is 2.45. The van der Waals surface area contributed by atoms with E-state index in [0.29, 0.717) is 13.2 Å². The molecule has 2 rings (SSSR count). The second kappa shape index (κ2) is 3.16. The van der Waals surface area contributed by atoms with Crippen LogP contribution in [-0.2, 0) is 0 Å². The van der Waals surface area contributed by atoms with Gasteiger partial charge in [-0.05, 0) is 0 Å². The summed E-state index contributed by atoms with van der Waals surface area (Å²) in [4.78, 5) is 0. The van der Waals surface area contributed by atoms with Crippen molar-refractivity contribution in [3.8, 4) is 11.5 Å². The van der Waals surface area contributed by atoms with E-state index in [1.54, 1.807) is 11.3 Å². The van der Waals surface area contributed by atoms with Gasteiger partial charge in [-0.1, -0.05) is 0 Å². The molecule has 1 aromatic heterocycles. The van der Waals surface area contributed by atoms with Gasteiger partial charge in [0.25, 0.3) is 0 Å². The van der Waals surface area contributed by atoms with Crippen LogP contribution in [0.1, 0.15) is 0 Å². The van der Waals surface area contributed by atoms with E-state index in [1.807, 2.05) is 10.8 Å². The lowest BCUT2D eigenvalue weighted by molar-refractivity contribution is 0.173. The van der Waals surface area contributed by atoms with Crippen LogP contribution < -0.4 is 9.47 Å². The molecule has 0 amide bonds. The lowest BCUT2D eigenvalue weighted by Crippen LogP contribution is -2.13. The highest BCUT2D eigenvalue weighted by Crippen LogP contribution is 2.33. The minimum atomic E-state index is 0. The maximum atomic E-state index is 5.25. The predicted molar refractivity (Wildman–Crippen MR) is 45.7 cm³/mol. The highest BCUT2D eigenvalue weighted by molar-refractivity contribution is 7.59. The van der Waals surface area contributed by atoms with E-state index >= 15 is 0 Å². The van der Waals surface area contributed by atoms with Crippen molar-refractivity contribution >= 4 is 24.8 Å². The molecule has 0 bridgehead atoms. The molecular weight excluding hydrogens is 168 g/mol. The molecule has 4 heteroatoms. The fourth-order valence-electron chi connectivity index (χ4n) is 0.787. The number of hydrogen-bond acceptors (Lipinski definition) is 3. The molecule has 2 heterocycles. The third-order valence-electron chi connectivity index (χ3n) is 1.19. The zero-order valence-electron chi connectivity index (χ0n) is 5.29. The maximum Gasteiger partial charge on any atom is 0.172 e. The Bertz CT molecular complexity index is 189. The van der Waals surface area contributed by atoms with Crippen molar-refractivity contribution in [1.29, 1.82) is 0 Å². The molecule has 1 aliphatic heterocycles. The molecule has 2 nitrogen and oxygen atoms in total. The normalized spacial score (nSPS) is 14.0. The minimum Gasteiger partial charge on any atom is -0.485 e. The summed E-state index contributed by atoms with van der Waals surface area (Å²) in [6.45, 7) is 1.37. The first-order chi connectivity index (χ1) is 4.47. The van der Waals surface area contributed by atoms with E-state index in [2.05, 4.69) is 0 Å². The summed E-state index contributed by atoms with van der Waals surface area (Å²) in [6, 6.07) is 0. The highest BCUT2D eigenvalue weighted by Gasteiger charge is 2.10. The van der Waals surface area contributed by atoms with E-state index in [1.165, 1.54) is 0 Å². The summed E-state index contributed by atoms with van der Waals surface area (Å²) < 4.78 is 10.5. The Morgan fingerprint density at radius 3 is 2.10 bits per heavy atom. The Labute approximate surface area is 70.2 Å². The van der Waals surface area contributed by atoms with Gasteiger partial charge in [-0.2, -0.15) is 13.5 Å². The average Bonchev–Trinajstić information content (AvgIpc) is 2.33. The average molecular weight is 176 g/mol. The Morgan fingerprint density at radius 1 is 1.10 bits per heavy atom. The third-order valence-corrected chi connectivity index (χ3v) is 1.89. The van der Waals surface area contributed by atoms with E-state index < -0.39 is 0 Å². The van der Waals surface area contributed by atoms with Crippen molar-refractivity contribution in [1.82, 2.24) is 0 Å². The predicted octanol–water partition coefficient (Wildman–Crippen LogP) is 1.63. The van der Waals surface area contributed by atoms with Gasteiger partial charge < -0.3 is 9.47 Å². The summed E-state index contributed by atoms with van der Waals surface area (Å²) in [5.41, 5.74) is 0. The molecule has 1 aromatic rings. The summed E-state index contributed by atoms with van der Waals surface area (Å²) in [6.07, 6.45) is 0. The SMILES string of the molecule is S.c1scc2c1OCCO2. The van der Waals surface area contributed by atoms with Crippen LogP contribution in [0.15, 0.2) is 10.8 Å². The van der Waals surface area contributed by atoms with E-state index in [0.717, 1.165) is 11.5 Å². The molecule has 10 heavy (non-hydrogen) atoms. The highest BCUT2D eigenvalue weighted by atomic mass is 32.1. The van der Waals surface area contributed by atoms with Gasteiger partial charge in [0, 0.05) is 10.8 Å². The molecule has 0 spiro atoms. The second-order valence-corrected chi connectivity index (χ2v) is 2.54. The zero-order valence-corrected chi connectivity index (χ0v) is 7.11. The Balaban J connectivity index is 0.000000500. The molecule has 0 radical (unpaired) electrons. The van der Waals surface area contributed by atoms with Gasteiger partial charge in [-0.25, -0.2) is 0 Å². The molecular formula is C6H8O2S2. The molecule has 0 aliphatic carbocycles. The fourth-order valence-corrected chi connectivity index (χ4v) is 1.47. The molecule has 0 atom stereocenters. The van der Waals surface area contributed by atoms with Gasteiger partial charge >= 0.3 is 0 Å². The number of fused-ring (bicyclic) bond motifs is 1. The first-order valence-corrected chi connectivity index (χ1v) is 3.73. The van der Waals surface area contributed by atoms with Crippen molar-refractivity contribution in [2.75, 3.05) is 13.2 Å². The molecule has 0 unspecified atom stereocenters. The fraction of sp³-hybridized carbons (Fsp3) is 0.333. The first kappa shape index (κ1) is 7.75. The summed E-state index contributed by atoms with van der Waals surface area (Å²) in [7, 11) is 0. The van der Waals surface area contributed by atoms with E-state index in [-0.39, 0.29) is 13.5 Å². The van der Waals surface area contributed by atoms with Crippen molar-refractivity contribution in [2.45, 2.75) is 0 Å². The smallest absolute Gasteiger partial charge is 0.172 e.